The smallest absolute Gasteiger partial charge is 0.255 e. The fourth-order valence-corrected chi connectivity index (χ4v) is 3.32. The van der Waals surface area contributed by atoms with Gasteiger partial charge >= 0.3 is 0 Å². The van der Waals surface area contributed by atoms with Gasteiger partial charge in [-0.25, -0.2) is 0 Å². The molecule has 0 heterocycles. The molecule has 1 saturated carbocycles. The second-order valence-electron chi connectivity index (χ2n) is 5.18. The number of carbonyl (C=O) groups excluding carboxylic acids is 1. The second kappa shape index (κ2) is 6.83. The van der Waals surface area contributed by atoms with Crippen LogP contribution in [-0.2, 0) is 0 Å². The summed E-state index contributed by atoms with van der Waals surface area (Å²) in [6.07, 6.45) is 5.23. The lowest BCUT2D eigenvalue weighted by Crippen LogP contribution is -2.46. The molecule has 1 aromatic carbocycles. The number of hydrogen-bond acceptors (Lipinski definition) is 3. The van der Waals surface area contributed by atoms with Crippen LogP contribution in [0.25, 0.3) is 0 Å². The first kappa shape index (κ1) is 15.7. The molecule has 0 aromatic heterocycles. The van der Waals surface area contributed by atoms with Gasteiger partial charge in [-0.15, -0.1) is 11.8 Å². The van der Waals surface area contributed by atoms with E-state index in [1.807, 2.05) is 18.4 Å². The number of halogens is 1. The van der Waals surface area contributed by atoms with E-state index >= 15 is 0 Å². The third-order valence-corrected chi connectivity index (χ3v) is 4.97. The van der Waals surface area contributed by atoms with E-state index in [0.717, 1.165) is 30.6 Å². The Morgan fingerprint density at radius 1 is 1.40 bits per heavy atom. The Bertz CT molecular complexity index is 495. The van der Waals surface area contributed by atoms with Gasteiger partial charge in [0.15, 0.2) is 0 Å². The lowest BCUT2D eigenvalue weighted by molar-refractivity contribution is 0.0268. The summed E-state index contributed by atoms with van der Waals surface area (Å²) >= 11 is 7.73. The quantitative estimate of drug-likeness (QED) is 0.869. The van der Waals surface area contributed by atoms with Crippen LogP contribution in [0.15, 0.2) is 23.1 Å². The second-order valence-corrected chi connectivity index (χ2v) is 6.47. The molecular weight excluding hydrogens is 294 g/mol. The zero-order valence-corrected chi connectivity index (χ0v) is 13.4. The van der Waals surface area contributed by atoms with Crippen molar-refractivity contribution in [2.75, 3.05) is 13.3 Å². The molecule has 1 fully saturated rings. The van der Waals surface area contributed by atoms with Gasteiger partial charge in [-0.05, 0) is 37.3 Å². The number of thioether (sulfide) groups is 1. The Morgan fingerprint density at radius 3 is 2.75 bits per heavy atom. The molecule has 2 atom stereocenters. The van der Waals surface area contributed by atoms with Gasteiger partial charge in [-0.2, -0.15) is 0 Å². The summed E-state index contributed by atoms with van der Waals surface area (Å²) in [6, 6.07) is 5.37. The van der Waals surface area contributed by atoms with E-state index in [0.29, 0.717) is 10.6 Å². The first-order valence-corrected chi connectivity index (χ1v) is 8.43. The van der Waals surface area contributed by atoms with Crippen LogP contribution in [0.4, 0.5) is 0 Å². The minimum absolute atomic E-state index is 0.106. The predicted octanol–water partition coefficient (Wildman–Crippen LogP) is 3.44. The van der Waals surface area contributed by atoms with Crippen LogP contribution >= 0.6 is 23.4 Å². The third-order valence-electron chi connectivity index (χ3n) is 3.92. The zero-order chi connectivity index (χ0) is 14.7. The molecule has 20 heavy (non-hydrogen) atoms. The van der Waals surface area contributed by atoms with Gasteiger partial charge in [0, 0.05) is 11.9 Å². The topological polar surface area (TPSA) is 40.5 Å². The van der Waals surface area contributed by atoms with Crippen molar-refractivity contribution in [3.63, 3.8) is 0 Å². The highest BCUT2D eigenvalue weighted by atomic mass is 35.5. The lowest BCUT2D eigenvalue weighted by atomic mass is 9.91. The number of aliphatic hydroxyl groups excluding tert-OH is 1. The molecule has 0 spiro atoms. The number of hydrogen-bond donors (Lipinski definition) is 1. The van der Waals surface area contributed by atoms with E-state index in [1.54, 1.807) is 29.8 Å². The molecule has 0 aliphatic heterocycles. The molecule has 5 heteroatoms. The van der Waals surface area contributed by atoms with Crippen LogP contribution < -0.4 is 0 Å². The monoisotopic (exact) mass is 313 g/mol. The summed E-state index contributed by atoms with van der Waals surface area (Å²) in [6.45, 7) is 0. The van der Waals surface area contributed by atoms with Gasteiger partial charge in [0.2, 0.25) is 0 Å². The van der Waals surface area contributed by atoms with Gasteiger partial charge in [-0.1, -0.05) is 24.4 Å². The van der Waals surface area contributed by atoms with Crippen LogP contribution in [0, 0.1) is 0 Å². The first-order valence-electron chi connectivity index (χ1n) is 6.83. The fraction of sp³-hybridized carbons (Fsp3) is 0.533. The summed E-state index contributed by atoms with van der Waals surface area (Å²) < 4.78 is 0. The van der Waals surface area contributed by atoms with Crippen molar-refractivity contribution >= 4 is 29.3 Å². The van der Waals surface area contributed by atoms with Crippen molar-refractivity contribution in [3.05, 3.63) is 28.8 Å². The van der Waals surface area contributed by atoms with Gasteiger partial charge in [-0.3, -0.25) is 4.79 Å². The van der Waals surface area contributed by atoms with E-state index in [2.05, 4.69) is 0 Å². The van der Waals surface area contributed by atoms with Crippen LogP contribution in [0.1, 0.15) is 36.0 Å². The van der Waals surface area contributed by atoms with Crippen molar-refractivity contribution in [1.29, 1.82) is 0 Å². The van der Waals surface area contributed by atoms with Gasteiger partial charge in [0.1, 0.15) is 0 Å². The maximum absolute atomic E-state index is 12.6. The first-order chi connectivity index (χ1) is 9.54. The molecule has 1 aliphatic rings. The number of likely N-dealkylation sites (N-methyl/N-ethyl adjacent to an activating group) is 1. The third kappa shape index (κ3) is 3.30. The zero-order valence-electron chi connectivity index (χ0n) is 11.8. The molecule has 1 amide bonds. The Morgan fingerprint density at radius 2 is 2.10 bits per heavy atom. The summed E-state index contributed by atoms with van der Waals surface area (Å²) in [5.41, 5.74) is 0.513. The molecule has 3 nitrogen and oxygen atoms in total. The largest absolute Gasteiger partial charge is 0.391 e. The maximum atomic E-state index is 12.6. The van der Waals surface area contributed by atoms with E-state index in [9.17, 15) is 9.90 Å². The van der Waals surface area contributed by atoms with E-state index in [4.69, 9.17) is 11.6 Å². The Labute approximate surface area is 129 Å². The molecule has 2 unspecified atom stereocenters. The molecule has 0 saturated heterocycles. The average molecular weight is 314 g/mol. The molecule has 1 N–H and O–H groups in total. The highest BCUT2D eigenvalue weighted by Crippen LogP contribution is 2.27. The number of rotatable bonds is 3. The van der Waals surface area contributed by atoms with Crippen LogP contribution in [-0.4, -0.2) is 41.4 Å². The minimum Gasteiger partial charge on any atom is -0.391 e. The van der Waals surface area contributed by atoms with E-state index in [-0.39, 0.29) is 11.9 Å². The molecule has 0 radical (unpaired) electrons. The number of nitrogens with zero attached hydrogens (tertiary/aromatic N) is 1. The Hall–Kier alpha value is -0.710. The summed E-state index contributed by atoms with van der Waals surface area (Å²) in [5, 5.41) is 10.5. The molecule has 0 bridgehead atoms. The Balaban J connectivity index is 2.21. The molecule has 1 aliphatic carbocycles. The van der Waals surface area contributed by atoms with E-state index in [1.165, 1.54) is 0 Å². The Kier molecular flexibility index (Phi) is 5.35. The molecule has 2 rings (SSSR count). The molecule has 110 valence electrons. The number of benzene rings is 1. The van der Waals surface area contributed by atoms with Crippen molar-refractivity contribution < 1.29 is 9.90 Å². The number of carbonyl (C=O) groups is 1. The summed E-state index contributed by atoms with van der Waals surface area (Å²) in [5.74, 6) is -0.114. The van der Waals surface area contributed by atoms with Crippen LogP contribution in [0.3, 0.4) is 0 Å². The summed E-state index contributed by atoms with van der Waals surface area (Å²) in [4.78, 5) is 15.3. The van der Waals surface area contributed by atoms with Crippen molar-refractivity contribution in [2.24, 2.45) is 0 Å². The van der Waals surface area contributed by atoms with Gasteiger partial charge < -0.3 is 10.0 Å². The van der Waals surface area contributed by atoms with Crippen molar-refractivity contribution in [2.45, 2.75) is 42.7 Å². The number of amides is 1. The highest BCUT2D eigenvalue weighted by Gasteiger charge is 2.30. The van der Waals surface area contributed by atoms with Crippen molar-refractivity contribution in [3.8, 4) is 0 Å². The average Bonchev–Trinajstić information content (AvgIpc) is 2.47. The van der Waals surface area contributed by atoms with Crippen LogP contribution in [0.5, 0.6) is 0 Å². The lowest BCUT2D eigenvalue weighted by Gasteiger charge is -2.35. The molecular formula is C15H20ClNO2S. The van der Waals surface area contributed by atoms with Crippen LogP contribution in [0.2, 0.25) is 5.02 Å². The molecule has 1 aromatic rings. The summed E-state index contributed by atoms with van der Waals surface area (Å²) in [7, 11) is 1.75. The SMILES string of the molecule is CSc1ccc(Cl)c(C(=O)N(C)C2CCCCC2O)c1. The van der Waals surface area contributed by atoms with Crippen molar-refractivity contribution in [1.82, 2.24) is 4.90 Å². The van der Waals surface area contributed by atoms with Gasteiger partial charge in [0.25, 0.3) is 5.91 Å². The predicted molar refractivity (Wildman–Crippen MR) is 83.6 cm³/mol. The fourth-order valence-electron chi connectivity index (χ4n) is 2.68. The number of aliphatic hydroxyl groups is 1. The van der Waals surface area contributed by atoms with Gasteiger partial charge in [0.05, 0.1) is 22.7 Å². The highest BCUT2D eigenvalue weighted by molar-refractivity contribution is 7.98. The van der Waals surface area contributed by atoms with E-state index < -0.39 is 6.10 Å². The minimum atomic E-state index is -0.430. The maximum Gasteiger partial charge on any atom is 0.255 e. The normalized spacial score (nSPS) is 22.6. The standard InChI is InChI=1S/C15H20ClNO2S/c1-17(13-5-3-4-6-14(13)18)15(19)11-9-10(20-2)7-8-12(11)16/h7-9,13-14,18H,3-6H2,1-2H3.